The van der Waals surface area contributed by atoms with Crippen molar-refractivity contribution in [1.29, 1.82) is 0 Å². The van der Waals surface area contributed by atoms with Crippen LogP contribution in [0.4, 0.5) is 0 Å². The molecule has 2 atom stereocenters. The number of hydrogen-bond acceptors (Lipinski definition) is 5. The molecule has 2 unspecified atom stereocenters. The number of aliphatic hydroxyl groups excluding tert-OH is 1. The van der Waals surface area contributed by atoms with Crippen molar-refractivity contribution in [1.82, 2.24) is 0 Å². The van der Waals surface area contributed by atoms with E-state index < -0.39 is 6.10 Å². The highest BCUT2D eigenvalue weighted by Crippen LogP contribution is 1.94. The van der Waals surface area contributed by atoms with E-state index in [1.807, 2.05) is 6.92 Å². The lowest BCUT2D eigenvalue weighted by Gasteiger charge is -2.15. The zero-order chi connectivity index (χ0) is 10.8. The molecule has 0 spiro atoms. The van der Waals surface area contributed by atoms with E-state index in [2.05, 4.69) is 0 Å². The van der Waals surface area contributed by atoms with E-state index in [1.165, 1.54) is 0 Å². The number of methoxy groups -OCH3 is 1. The molecule has 0 aromatic heterocycles. The summed E-state index contributed by atoms with van der Waals surface area (Å²) in [6.45, 7) is 3.86. The zero-order valence-corrected chi connectivity index (χ0v) is 8.94. The van der Waals surface area contributed by atoms with Gasteiger partial charge in [-0.05, 0) is 6.92 Å². The summed E-state index contributed by atoms with van der Waals surface area (Å²) >= 11 is 0. The van der Waals surface area contributed by atoms with Crippen LogP contribution in [0.25, 0.3) is 0 Å². The maximum Gasteiger partial charge on any atom is 0.101 e. The summed E-state index contributed by atoms with van der Waals surface area (Å²) in [6, 6.07) is 0. The molecule has 0 aliphatic carbocycles. The van der Waals surface area contributed by atoms with Gasteiger partial charge in [0.1, 0.15) is 6.10 Å². The third-order valence-corrected chi connectivity index (χ3v) is 1.55. The van der Waals surface area contributed by atoms with Crippen molar-refractivity contribution >= 4 is 0 Å². The Bertz CT molecular complexity index is 123. The highest BCUT2D eigenvalue weighted by Gasteiger charge is 2.07. The van der Waals surface area contributed by atoms with Gasteiger partial charge in [0.05, 0.1) is 32.5 Å². The molecule has 0 rings (SSSR count). The van der Waals surface area contributed by atoms with Crippen molar-refractivity contribution in [2.75, 3.05) is 40.1 Å². The fourth-order valence-corrected chi connectivity index (χ4v) is 0.909. The minimum Gasteiger partial charge on any atom is -0.388 e. The molecular weight excluding hydrogens is 186 g/mol. The second-order valence-electron chi connectivity index (χ2n) is 3.12. The molecule has 3 N–H and O–H groups in total. The van der Waals surface area contributed by atoms with E-state index in [1.54, 1.807) is 7.11 Å². The molecule has 5 nitrogen and oxygen atoms in total. The van der Waals surface area contributed by atoms with Gasteiger partial charge in [-0.3, -0.25) is 0 Å². The fraction of sp³-hybridized carbons (Fsp3) is 1.00. The molecule has 0 heterocycles. The molecule has 0 bridgehead atoms. The third kappa shape index (κ3) is 8.40. The number of hydrogen-bond donors (Lipinski definition) is 2. The van der Waals surface area contributed by atoms with Gasteiger partial charge in [-0.15, -0.1) is 0 Å². The van der Waals surface area contributed by atoms with Crippen molar-refractivity contribution in [2.24, 2.45) is 5.73 Å². The zero-order valence-electron chi connectivity index (χ0n) is 8.94. The van der Waals surface area contributed by atoms with E-state index in [4.69, 9.17) is 19.9 Å². The second kappa shape index (κ2) is 9.36. The lowest BCUT2D eigenvalue weighted by Crippen LogP contribution is -2.27. The summed E-state index contributed by atoms with van der Waals surface area (Å²) in [7, 11) is 1.61. The van der Waals surface area contributed by atoms with Crippen LogP contribution < -0.4 is 5.73 Å². The predicted molar refractivity (Wildman–Crippen MR) is 53.2 cm³/mol. The molecular formula is C9H21NO4. The van der Waals surface area contributed by atoms with E-state index >= 15 is 0 Å². The van der Waals surface area contributed by atoms with Gasteiger partial charge in [-0.25, -0.2) is 0 Å². The van der Waals surface area contributed by atoms with Crippen molar-refractivity contribution in [2.45, 2.75) is 19.1 Å². The first kappa shape index (κ1) is 13.8. The predicted octanol–water partition coefficient (Wildman–Crippen LogP) is -0.626. The molecule has 0 saturated carbocycles. The number of ether oxygens (including phenoxy) is 3. The van der Waals surface area contributed by atoms with Crippen molar-refractivity contribution in [3.05, 3.63) is 0 Å². The van der Waals surface area contributed by atoms with Crippen LogP contribution >= 0.6 is 0 Å². The number of aliphatic hydroxyl groups is 1. The molecule has 5 heteroatoms. The first-order valence-electron chi connectivity index (χ1n) is 4.77. The molecule has 0 fully saturated rings. The second-order valence-corrected chi connectivity index (χ2v) is 3.12. The normalized spacial score (nSPS) is 15.4. The molecule has 0 saturated heterocycles. The van der Waals surface area contributed by atoms with Crippen LogP contribution in [0, 0.1) is 0 Å². The monoisotopic (exact) mass is 207 g/mol. The highest BCUT2D eigenvalue weighted by molar-refractivity contribution is 4.54. The number of nitrogens with two attached hydrogens (primary N) is 1. The maximum absolute atomic E-state index is 9.36. The molecule has 0 aliphatic heterocycles. The molecule has 14 heavy (non-hydrogen) atoms. The Morgan fingerprint density at radius 3 is 2.57 bits per heavy atom. The maximum atomic E-state index is 9.36. The van der Waals surface area contributed by atoms with Gasteiger partial charge in [0, 0.05) is 13.7 Å². The first-order chi connectivity index (χ1) is 6.70. The van der Waals surface area contributed by atoms with Gasteiger partial charge >= 0.3 is 0 Å². The van der Waals surface area contributed by atoms with Gasteiger partial charge in [-0.1, -0.05) is 0 Å². The lowest BCUT2D eigenvalue weighted by molar-refractivity contribution is -0.0558. The average Bonchev–Trinajstić information content (AvgIpc) is 2.16. The van der Waals surface area contributed by atoms with E-state index in [0.717, 1.165) is 0 Å². The SMILES string of the molecule is COCC(C)OCC(O)COCCN. The number of rotatable bonds is 9. The summed E-state index contributed by atoms with van der Waals surface area (Å²) in [6.07, 6.45) is -0.606. The Morgan fingerprint density at radius 1 is 1.29 bits per heavy atom. The Kier molecular flexibility index (Phi) is 9.23. The smallest absolute Gasteiger partial charge is 0.101 e. The summed E-state index contributed by atoms with van der Waals surface area (Å²) in [5.41, 5.74) is 5.22. The summed E-state index contributed by atoms with van der Waals surface area (Å²) in [4.78, 5) is 0. The van der Waals surface area contributed by atoms with E-state index in [0.29, 0.717) is 19.8 Å². The van der Waals surface area contributed by atoms with E-state index in [9.17, 15) is 5.11 Å². The lowest BCUT2D eigenvalue weighted by atomic mass is 10.4. The molecule has 0 aromatic carbocycles. The van der Waals surface area contributed by atoms with Crippen molar-refractivity contribution < 1.29 is 19.3 Å². The summed E-state index contributed by atoms with van der Waals surface area (Å²) in [5, 5.41) is 9.36. The molecule has 0 radical (unpaired) electrons. The van der Waals surface area contributed by atoms with Crippen LogP contribution in [0.5, 0.6) is 0 Å². The Hall–Kier alpha value is -0.200. The van der Waals surface area contributed by atoms with Crippen LogP contribution in [0.2, 0.25) is 0 Å². The minimum absolute atomic E-state index is 0.0100. The summed E-state index contributed by atoms with van der Waals surface area (Å²) < 4.78 is 15.2. The quantitative estimate of drug-likeness (QED) is 0.493. The largest absolute Gasteiger partial charge is 0.388 e. The molecule has 0 aromatic rings. The van der Waals surface area contributed by atoms with Crippen molar-refractivity contribution in [3.63, 3.8) is 0 Å². The fourth-order valence-electron chi connectivity index (χ4n) is 0.909. The first-order valence-corrected chi connectivity index (χ1v) is 4.77. The molecule has 86 valence electrons. The van der Waals surface area contributed by atoms with Crippen LogP contribution in [-0.2, 0) is 14.2 Å². The van der Waals surface area contributed by atoms with Crippen LogP contribution in [-0.4, -0.2) is 57.4 Å². The Labute approximate surface area is 85.1 Å². The van der Waals surface area contributed by atoms with Gasteiger partial charge in [0.2, 0.25) is 0 Å². The van der Waals surface area contributed by atoms with Gasteiger partial charge in [0.25, 0.3) is 0 Å². The van der Waals surface area contributed by atoms with Gasteiger partial charge in [0.15, 0.2) is 0 Å². The Morgan fingerprint density at radius 2 is 2.00 bits per heavy atom. The van der Waals surface area contributed by atoms with Crippen LogP contribution in [0.15, 0.2) is 0 Å². The summed E-state index contributed by atoms with van der Waals surface area (Å²) in [5.74, 6) is 0. The van der Waals surface area contributed by atoms with Gasteiger partial charge < -0.3 is 25.1 Å². The topological polar surface area (TPSA) is 73.9 Å². The minimum atomic E-state index is -0.596. The van der Waals surface area contributed by atoms with E-state index in [-0.39, 0.29) is 19.3 Å². The van der Waals surface area contributed by atoms with Gasteiger partial charge in [-0.2, -0.15) is 0 Å². The Balaban J connectivity index is 3.29. The average molecular weight is 207 g/mol. The molecule has 0 amide bonds. The van der Waals surface area contributed by atoms with Crippen LogP contribution in [0.3, 0.4) is 0 Å². The van der Waals surface area contributed by atoms with Crippen LogP contribution in [0.1, 0.15) is 6.92 Å². The van der Waals surface area contributed by atoms with Crippen molar-refractivity contribution in [3.8, 4) is 0 Å². The molecule has 0 aliphatic rings. The third-order valence-electron chi connectivity index (χ3n) is 1.55. The standard InChI is InChI=1S/C9H21NO4/c1-8(5-12-2)14-7-9(11)6-13-4-3-10/h8-9,11H,3-7,10H2,1-2H3. The highest BCUT2D eigenvalue weighted by atomic mass is 16.5.